The van der Waals surface area contributed by atoms with E-state index in [1.165, 1.54) is 18.5 Å². The molecule has 0 radical (unpaired) electrons. The Morgan fingerprint density at radius 1 is 1.16 bits per heavy atom. The van der Waals surface area contributed by atoms with Gasteiger partial charge in [0.15, 0.2) is 6.39 Å². The molecule has 3 nitrogen and oxygen atoms in total. The average Bonchev–Trinajstić information content (AvgIpc) is 2.83. The lowest BCUT2D eigenvalue weighted by atomic mass is 10.1. The molecule has 0 saturated carbocycles. The summed E-state index contributed by atoms with van der Waals surface area (Å²) < 4.78 is 42.5. The second kappa shape index (κ2) is 5.44. The molecule has 2 rings (SSSR count). The van der Waals surface area contributed by atoms with Gasteiger partial charge in [0.2, 0.25) is 0 Å². The summed E-state index contributed by atoms with van der Waals surface area (Å²) in [5.41, 5.74) is 0.383. The second-order valence-corrected chi connectivity index (χ2v) is 4.03. The zero-order valence-corrected chi connectivity index (χ0v) is 9.94. The normalized spacial score (nSPS) is 11.8. The molecule has 19 heavy (non-hydrogen) atoms. The number of aliphatic hydroxyl groups excluding tert-OH is 1. The predicted molar refractivity (Wildman–Crippen MR) is 62.3 cm³/mol. The van der Waals surface area contributed by atoms with Gasteiger partial charge in [0.05, 0.1) is 5.56 Å². The van der Waals surface area contributed by atoms with E-state index < -0.39 is 11.7 Å². The minimum atomic E-state index is -4.35. The molecule has 1 heterocycles. The van der Waals surface area contributed by atoms with Crippen LogP contribution in [-0.2, 0) is 12.6 Å². The van der Waals surface area contributed by atoms with Crippen LogP contribution in [0.5, 0.6) is 0 Å². The molecule has 0 amide bonds. The molecule has 1 aromatic heterocycles. The lowest BCUT2D eigenvalue weighted by molar-refractivity contribution is -0.137. The van der Waals surface area contributed by atoms with Gasteiger partial charge in [0.25, 0.3) is 0 Å². The third kappa shape index (κ3) is 3.14. The first kappa shape index (κ1) is 13.6. The van der Waals surface area contributed by atoms with Crippen molar-refractivity contribution < 1.29 is 22.7 Å². The fourth-order valence-electron chi connectivity index (χ4n) is 1.74. The molecule has 0 aliphatic carbocycles. The Hall–Kier alpha value is -1.82. The van der Waals surface area contributed by atoms with Crippen LogP contribution < -0.4 is 0 Å². The quantitative estimate of drug-likeness (QED) is 0.928. The Morgan fingerprint density at radius 2 is 1.84 bits per heavy atom. The Bertz CT molecular complexity index is 532. The Kier molecular flexibility index (Phi) is 3.90. The van der Waals surface area contributed by atoms with E-state index in [1.807, 2.05) is 0 Å². The fourth-order valence-corrected chi connectivity index (χ4v) is 1.74. The van der Waals surface area contributed by atoms with Crippen LogP contribution in [-0.4, -0.2) is 16.7 Å². The maximum atomic E-state index is 12.4. The predicted octanol–water partition coefficient (Wildman–Crippen LogP) is 3.29. The number of oxazole rings is 1. The van der Waals surface area contributed by atoms with Crippen LogP contribution in [0.3, 0.4) is 0 Å². The molecule has 0 saturated heterocycles. The smallest absolute Gasteiger partial charge is 0.416 e. The van der Waals surface area contributed by atoms with Crippen LogP contribution in [0.4, 0.5) is 13.2 Å². The zero-order chi connectivity index (χ0) is 13.9. The summed E-state index contributed by atoms with van der Waals surface area (Å²) in [5, 5.41) is 8.77. The van der Waals surface area contributed by atoms with Gasteiger partial charge in [-0.25, -0.2) is 4.98 Å². The number of nitrogens with zero attached hydrogens (tertiary/aromatic N) is 1. The summed E-state index contributed by atoms with van der Waals surface area (Å²) >= 11 is 0. The van der Waals surface area contributed by atoms with Crippen molar-refractivity contribution in [2.45, 2.75) is 19.0 Å². The summed E-state index contributed by atoms with van der Waals surface area (Å²) in [7, 11) is 0. The molecule has 0 atom stereocenters. The minimum absolute atomic E-state index is 0.0210. The monoisotopic (exact) mass is 271 g/mol. The lowest BCUT2D eigenvalue weighted by Gasteiger charge is -2.07. The number of hydrogen-bond acceptors (Lipinski definition) is 3. The van der Waals surface area contributed by atoms with Crippen molar-refractivity contribution in [2.24, 2.45) is 0 Å². The highest BCUT2D eigenvalue weighted by molar-refractivity contribution is 5.61. The first-order chi connectivity index (χ1) is 9.02. The third-order valence-electron chi connectivity index (χ3n) is 2.69. The minimum Gasteiger partial charge on any atom is -0.448 e. The molecule has 0 aliphatic rings. The maximum Gasteiger partial charge on any atom is 0.416 e. The molecule has 0 fully saturated rings. The highest BCUT2D eigenvalue weighted by atomic mass is 19.4. The SMILES string of the molecule is OCCCc1ocnc1-c1ccc(C(F)(F)F)cc1. The van der Waals surface area contributed by atoms with Gasteiger partial charge in [-0.3, -0.25) is 0 Å². The van der Waals surface area contributed by atoms with E-state index in [0.29, 0.717) is 29.9 Å². The van der Waals surface area contributed by atoms with Gasteiger partial charge >= 0.3 is 6.18 Å². The van der Waals surface area contributed by atoms with E-state index >= 15 is 0 Å². The molecule has 1 N–H and O–H groups in total. The number of alkyl halides is 3. The third-order valence-corrected chi connectivity index (χ3v) is 2.69. The Morgan fingerprint density at radius 3 is 2.42 bits per heavy atom. The molecular weight excluding hydrogens is 259 g/mol. The van der Waals surface area contributed by atoms with Crippen molar-refractivity contribution in [2.75, 3.05) is 6.61 Å². The highest BCUT2D eigenvalue weighted by Crippen LogP contribution is 2.31. The Labute approximate surface area is 107 Å². The summed E-state index contributed by atoms with van der Waals surface area (Å²) in [5.74, 6) is 0.564. The Balaban J connectivity index is 2.25. The van der Waals surface area contributed by atoms with E-state index in [0.717, 1.165) is 12.1 Å². The summed E-state index contributed by atoms with van der Waals surface area (Å²) in [6.45, 7) is 0.0210. The number of aryl methyl sites for hydroxylation is 1. The summed E-state index contributed by atoms with van der Waals surface area (Å²) in [4.78, 5) is 4.00. The van der Waals surface area contributed by atoms with Gasteiger partial charge in [-0.1, -0.05) is 12.1 Å². The van der Waals surface area contributed by atoms with Gasteiger partial charge in [-0.15, -0.1) is 0 Å². The van der Waals surface area contributed by atoms with Crippen molar-refractivity contribution in [1.29, 1.82) is 0 Å². The van der Waals surface area contributed by atoms with Gasteiger partial charge in [0.1, 0.15) is 11.5 Å². The number of benzene rings is 1. The van der Waals surface area contributed by atoms with Crippen molar-refractivity contribution >= 4 is 0 Å². The topological polar surface area (TPSA) is 46.3 Å². The largest absolute Gasteiger partial charge is 0.448 e. The molecule has 102 valence electrons. The van der Waals surface area contributed by atoms with E-state index in [2.05, 4.69) is 4.98 Å². The molecule has 0 bridgehead atoms. The van der Waals surface area contributed by atoms with E-state index in [1.54, 1.807) is 0 Å². The number of hydrogen-bond donors (Lipinski definition) is 1. The van der Waals surface area contributed by atoms with Crippen molar-refractivity contribution in [3.63, 3.8) is 0 Å². The van der Waals surface area contributed by atoms with Crippen LogP contribution in [0, 0.1) is 0 Å². The standard InChI is InChI=1S/C13H12F3NO2/c14-13(15,16)10-5-3-9(4-6-10)12-11(2-1-7-18)19-8-17-12/h3-6,8,18H,1-2,7H2. The lowest BCUT2D eigenvalue weighted by Crippen LogP contribution is -2.04. The van der Waals surface area contributed by atoms with Crippen molar-refractivity contribution in [3.05, 3.63) is 42.0 Å². The molecule has 0 spiro atoms. The van der Waals surface area contributed by atoms with Gasteiger partial charge < -0.3 is 9.52 Å². The van der Waals surface area contributed by atoms with Gasteiger partial charge in [0, 0.05) is 18.6 Å². The van der Waals surface area contributed by atoms with Gasteiger partial charge in [-0.05, 0) is 18.6 Å². The first-order valence-corrected chi connectivity index (χ1v) is 5.73. The number of aliphatic hydroxyl groups is 1. The molecular formula is C13H12F3NO2. The molecule has 6 heteroatoms. The van der Waals surface area contributed by atoms with Crippen LogP contribution in [0.1, 0.15) is 17.7 Å². The summed E-state index contributed by atoms with van der Waals surface area (Å²) in [6.07, 6.45) is -2.09. The van der Waals surface area contributed by atoms with Crippen LogP contribution >= 0.6 is 0 Å². The van der Waals surface area contributed by atoms with E-state index in [9.17, 15) is 13.2 Å². The number of aromatic nitrogens is 1. The fraction of sp³-hybridized carbons (Fsp3) is 0.308. The molecule has 1 aromatic carbocycles. The second-order valence-electron chi connectivity index (χ2n) is 4.03. The maximum absolute atomic E-state index is 12.4. The zero-order valence-electron chi connectivity index (χ0n) is 9.94. The van der Waals surface area contributed by atoms with Crippen molar-refractivity contribution in [1.82, 2.24) is 4.98 Å². The molecule has 0 aliphatic heterocycles. The average molecular weight is 271 g/mol. The highest BCUT2D eigenvalue weighted by Gasteiger charge is 2.30. The molecule has 0 unspecified atom stereocenters. The molecule has 2 aromatic rings. The van der Waals surface area contributed by atoms with Crippen molar-refractivity contribution in [3.8, 4) is 11.3 Å². The van der Waals surface area contributed by atoms with Crippen LogP contribution in [0.2, 0.25) is 0 Å². The van der Waals surface area contributed by atoms with Gasteiger partial charge in [-0.2, -0.15) is 13.2 Å². The number of halogens is 3. The van der Waals surface area contributed by atoms with E-state index in [4.69, 9.17) is 9.52 Å². The summed E-state index contributed by atoms with van der Waals surface area (Å²) in [6, 6.07) is 4.76. The van der Waals surface area contributed by atoms with Crippen LogP contribution in [0.25, 0.3) is 11.3 Å². The van der Waals surface area contributed by atoms with Crippen LogP contribution in [0.15, 0.2) is 35.1 Å². The van der Waals surface area contributed by atoms with E-state index in [-0.39, 0.29) is 6.61 Å². The first-order valence-electron chi connectivity index (χ1n) is 5.73. The number of rotatable bonds is 4.